The van der Waals surface area contributed by atoms with E-state index in [1.54, 1.807) is 7.11 Å². The molecule has 0 atom stereocenters. The van der Waals surface area contributed by atoms with Crippen molar-refractivity contribution in [3.63, 3.8) is 0 Å². The smallest absolute Gasteiger partial charge is 0.335 e. The second kappa shape index (κ2) is 5.27. The summed E-state index contributed by atoms with van der Waals surface area (Å²) in [5.74, 6) is 1.09. The highest BCUT2D eigenvalue weighted by atomic mass is 16.5. The molecular formula is C8H18NO+. The van der Waals surface area contributed by atoms with Crippen LogP contribution in [-0.2, 0) is 4.74 Å². The van der Waals surface area contributed by atoms with Crippen molar-refractivity contribution in [1.82, 2.24) is 0 Å². The van der Waals surface area contributed by atoms with Crippen LogP contribution in [0.1, 0.15) is 26.7 Å². The summed E-state index contributed by atoms with van der Waals surface area (Å²) in [6.45, 7) is 5.29. The van der Waals surface area contributed by atoms with Gasteiger partial charge in [0.1, 0.15) is 13.6 Å². The van der Waals surface area contributed by atoms with Crippen molar-refractivity contribution in [3.05, 3.63) is 0 Å². The molecule has 0 unspecified atom stereocenters. The first-order valence-corrected chi connectivity index (χ1v) is 3.87. The van der Waals surface area contributed by atoms with Gasteiger partial charge in [-0.3, -0.25) is 0 Å². The Hall–Kier alpha value is -0.530. The molecule has 0 heterocycles. The molecule has 0 saturated heterocycles. The van der Waals surface area contributed by atoms with E-state index in [4.69, 9.17) is 4.74 Å². The highest BCUT2D eigenvalue weighted by Crippen LogP contribution is 1.91. The second-order valence-electron chi connectivity index (χ2n) is 2.36. The molecule has 0 aliphatic heterocycles. The van der Waals surface area contributed by atoms with Crippen molar-refractivity contribution in [2.45, 2.75) is 26.7 Å². The molecule has 0 aromatic rings. The number of hydrogen-bond donors (Lipinski definition) is 0. The molecule has 0 spiro atoms. The summed E-state index contributed by atoms with van der Waals surface area (Å²) < 4.78 is 7.31. The van der Waals surface area contributed by atoms with Gasteiger partial charge in [0, 0.05) is 0 Å². The first-order chi connectivity index (χ1) is 4.76. The average Bonchev–Trinajstić information content (AvgIpc) is 1.99. The van der Waals surface area contributed by atoms with Gasteiger partial charge in [-0.2, -0.15) is 0 Å². The van der Waals surface area contributed by atoms with Gasteiger partial charge in [-0.1, -0.05) is 6.92 Å². The lowest BCUT2D eigenvalue weighted by Crippen LogP contribution is -2.18. The van der Waals surface area contributed by atoms with Crippen LogP contribution >= 0.6 is 0 Å². The van der Waals surface area contributed by atoms with Gasteiger partial charge in [0.15, 0.2) is 0 Å². The molecule has 0 rings (SSSR count). The Balaban J connectivity index is 4.00. The molecule has 0 aliphatic rings. The monoisotopic (exact) mass is 144 g/mol. The summed E-state index contributed by atoms with van der Waals surface area (Å²) in [7, 11) is 3.78. The van der Waals surface area contributed by atoms with Crippen molar-refractivity contribution in [3.8, 4) is 0 Å². The third-order valence-electron chi connectivity index (χ3n) is 1.60. The molecule has 0 saturated carbocycles. The maximum absolute atomic E-state index is 5.19. The molecule has 0 amide bonds. The van der Waals surface area contributed by atoms with Gasteiger partial charge in [-0.25, -0.2) is 4.58 Å². The molecule has 0 aliphatic carbocycles. The van der Waals surface area contributed by atoms with Gasteiger partial charge >= 0.3 is 5.90 Å². The van der Waals surface area contributed by atoms with Crippen molar-refractivity contribution >= 4 is 5.90 Å². The predicted octanol–water partition coefficient (Wildman–Crippen LogP) is 1.49. The zero-order valence-electron chi connectivity index (χ0n) is 7.48. The van der Waals surface area contributed by atoms with Gasteiger partial charge < -0.3 is 4.74 Å². The summed E-state index contributed by atoms with van der Waals surface area (Å²) in [5, 5.41) is 0. The Morgan fingerprint density at radius 2 is 2.00 bits per heavy atom. The molecule has 0 aromatic heterocycles. The molecule has 10 heavy (non-hydrogen) atoms. The zero-order chi connectivity index (χ0) is 7.98. The average molecular weight is 144 g/mol. The molecular weight excluding hydrogens is 126 g/mol. The lowest BCUT2D eigenvalue weighted by atomic mass is 10.3. The van der Waals surface area contributed by atoms with Crippen LogP contribution in [0.4, 0.5) is 0 Å². The predicted molar refractivity (Wildman–Crippen MR) is 43.6 cm³/mol. The summed E-state index contributed by atoms with van der Waals surface area (Å²) in [6.07, 6.45) is 2.19. The minimum Gasteiger partial charge on any atom is -0.451 e. The third-order valence-corrected chi connectivity index (χ3v) is 1.60. The van der Waals surface area contributed by atoms with Crippen LogP contribution in [0.3, 0.4) is 0 Å². The van der Waals surface area contributed by atoms with E-state index in [0.717, 1.165) is 25.3 Å². The molecule has 2 nitrogen and oxygen atoms in total. The van der Waals surface area contributed by atoms with Gasteiger partial charge in [0.05, 0.1) is 13.5 Å². The van der Waals surface area contributed by atoms with Crippen LogP contribution in [0.25, 0.3) is 0 Å². The van der Waals surface area contributed by atoms with Gasteiger partial charge in [0.2, 0.25) is 0 Å². The second-order valence-corrected chi connectivity index (χ2v) is 2.36. The maximum atomic E-state index is 5.19. The summed E-state index contributed by atoms with van der Waals surface area (Å²) >= 11 is 0. The Kier molecular flexibility index (Phi) is 4.99. The van der Waals surface area contributed by atoms with E-state index >= 15 is 0 Å². The third kappa shape index (κ3) is 2.85. The Bertz CT molecular complexity index is 118. The number of rotatable bonds is 3. The molecule has 0 radical (unpaired) electrons. The van der Waals surface area contributed by atoms with E-state index in [2.05, 4.69) is 25.5 Å². The quantitative estimate of drug-likeness (QED) is 0.332. The van der Waals surface area contributed by atoms with E-state index in [0.29, 0.717) is 0 Å². The van der Waals surface area contributed by atoms with Crippen molar-refractivity contribution < 1.29 is 9.31 Å². The summed E-state index contributed by atoms with van der Waals surface area (Å²) in [5.41, 5.74) is 0. The van der Waals surface area contributed by atoms with E-state index in [1.807, 2.05) is 0 Å². The molecule has 0 bridgehead atoms. The molecule has 0 N–H and O–H groups in total. The number of ether oxygens (including phenoxy) is 1. The molecule has 60 valence electrons. The van der Waals surface area contributed by atoms with Crippen LogP contribution in [0.15, 0.2) is 0 Å². The van der Waals surface area contributed by atoms with Crippen LogP contribution < -0.4 is 0 Å². The molecule has 0 fully saturated rings. The molecule has 0 aromatic carbocycles. The van der Waals surface area contributed by atoms with Crippen LogP contribution in [0, 0.1) is 0 Å². The maximum Gasteiger partial charge on any atom is 0.335 e. The SMILES string of the molecule is CCCC(OC)=[N+](C)CC. The van der Waals surface area contributed by atoms with E-state index in [1.165, 1.54) is 0 Å². The van der Waals surface area contributed by atoms with E-state index in [9.17, 15) is 0 Å². The lowest BCUT2D eigenvalue weighted by molar-refractivity contribution is -0.503. The first kappa shape index (κ1) is 9.47. The van der Waals surface area contributed by atoms with Crippen molar-refractivity contribution in [2.24, 2.45) is 0 Å². The van der Waals surface area contributed by atoms with Crippen LogP contribution in [-0.4, -0.2) is 31.2 Å². The fourth-order valence-electron chi connectivity index (χ4n) is 0.839. The zero-order valence-corrected chi connectivity index (χ0v) is 7.48. The largest absolute Gasteiger partial charge is 0.451 e. The van der Waals surface area contributed by atoms with Gasteiger partial charge in [-0.15, -0.1) is 0 Å². The van der Waals surface area contributed by atoms with Gasteiger partial charge in [-0.05, 0) is 13.3 Å². The number of hydrogen-bond acceptors (Lipinski definition) is 1. The highest BCUT2D eigenvalue weighted by molar-refractivity contribution is 5.70. The van der Waals surface area contributed by atoms with Crippen molar-refractivity contribution in [1.29, 1.82) is 0 Å². The van der Waals surface area contributed by atoms with Crippen LogP contribution in [0.2, 0.25) is 0 Å². The number of nitrogens with zero attached hydrogens (tertiary/aromatic N) is 1. The normalized spacial score (nSPS) is 12.8. The Morgan fingerprint density at radius 3 is 2.30 bits per heavy atom. The topological polar surface area (TPSA) is 12.2 Å². The highest BCUT2D eigenvalue weighted by Gasteiger charge is 2.06. The Morgan fingerprint density at radius 1 is 1.40 bits per heavy atom. The first-order valence-electron chi connectivity index (χ1n) is 3.87. The fourth-order valence-corrected chi connectivity index (χ4v) is 0.839. The Labute approximate surface area is 63.5 Å². The number of methoxy groups -OCH3 is 1. The summed E-state index contributed by atoms with van der Waals surface area (Å²) in [4.78, 5) is 0. The molecule has 2 heteroatoms. The van der Waals surface area contributed by atoms with E-state index in [-0.39, 0.29) is 0 Å². The fraction of sp³-hybridized carbons (Fsp3) is 0.875. The minimum atomic E-state index is 1.02. The summed E-state index contributed by atoms with van der Waals surface area (Å²) in [6, 6.07) is 0. The van der Waals surface area contributed by atoms with Gasteiger partial charge in [0.25, 0.3) is 0 Å². The standard InChI is InChI=1S/C8H18NO/c1-5-7-8(10-4)9(3)6-2/h5-7H2,1-4H3/q+1. The van der Waals surface area contributed by atoms with Crippen molar-refractivity contribution in [2.75, 3.05) is 20.7 Å². The minimum absolute atomic E-state index is 1.02. The van der Waals surface area contributed by atoms with Crippen LogP contribution in [0.5, 0.6) is 0 Å². The lowest BCUT2D eigenvalue weighted by Gasteiger charge is -2.00. The van der Waals surface area contributed by atoms with E-state index < -0.39 is 0 Å².